The molecule has 2 rings (SSSR count). The minimum absolute atomic E-state index is 0.506. The van der Waals surface area contributed by atoms with Gasteiger partial charge in [-0.25, -0.2) is 0 Å². The van der Waals surface area contributed by atoms with Gasteiger partial charge in [-0.3, -0.25) is 0 Å². The van der Waals surface area contributed by atoms with Crippen LogP contribution in [0.4, 0.5) is 5.69 Å². The maximum atomic E-state index is 5.42. The first-order valence-corrected chi connectivity index (χ1v) is 5.58. The van der Waals surface area contributed by atoms with E-state index >= 15 is 0 Å². The number of fused-ring (bicyclic) bond motifs is 1. The molecule has 3 N–H and O–H groups in total. The number of nitrogens with two attached hydrogens (primary N) is 1. The van der Waals surface area contributed by atoms with Gasteiger partial charge in [0.05, 0.1) is 6.67 Å². The number of thioether (sulfide) groups is 1. The monoisotopic (exact) mass is 194 g/mol. The van der Waals surface area contributed by atoms with Crippen molar-refractivity contribution < 1.29 is 0 Å². The SMILES string of the molecule is NCNc1ccc2c(c1)CCCS2. The molecule has 0 bridgehead atoms. The summed E-state index contributed by atoms with van der Waals surface area (Å²) in [5.41, 5.74) is 8.03. The van der Waals surface area contributed by atoms with Gasteiger partial charge in [0.2, 0.25) is 0 Å². The molecule has 0 unspecified atom stereocenters. The third kappa shape index (κ3) is 1.98. The summed E-state index contributed by atoms with van der Waals surface area (Å²) >= 11 is 1.96. The molecule has 1 heterocycles. The molecule has 1 aromatic carbocycles. The van der Waals surface area contributed by atoms with Crippen LogP contribution in [0.2, 0.25) is 0 Å². The van der Waals surface area contributed by atoms with Crippen LogP contribution in [0.5, 0.6) is 0 Å². The van der Waals surface area contributed by atoms with Gasteiger partial charge in [0, 0.05) is 10.6 Å². The predicted molar refractivity (Wildman–Crippen MR) is 58.2 cm³/mol. The molecule has 2 nitrogen and oxygen atoms in total. The average Bonchev–Trinajstić information content (AvgIpc) is 2.18. The molecule has 3 heteroatoms. The van der Waals surface area contributed by atoms with Gasteiger partial charge in [-0.15, -0.1) is 11.8 Å². The molecule has 0 saturated carbocycles. The van der Waals surface area contributed by atoms with Gasteiger partial charge < -0.3 is 11.1 Å². The molecule has 1 aliphatic heterocycles. The first-order valence-electron chi connectivity index (χ1n) is 4.60. The third-order valence-corrected chi connectivity index (χ3v) is 3.42. The number of hydrogen-bond donors (Lipinski definition) is 2. The fraction of sp³-hybridized carbons (Fsp3) is 0.400. The summed E-state index contributed by atoms with van der Waals surface area (Å²) in [5.74, 6) is 1.26. The average molecular weight is 194 g/mol. The molecule has 13 heavy (non-hydrogen) atoms. The molecule has 0 aliphatic carbocycles. The highest BCUT2D eigenvalue weighted by Crippen LogP contribution is 2.31. The Labute approximate surface area is 82.9 Å². The summed E-state index contributed by atoms with van der Waals surface area (Å²) in [6.45, 7) is 0.506. The van der Waals surface area contributed by atoms with E-state index in [4.69, 9.17) is 5.73 Å². The molecule has 0 fully saturated rings. The second-order valence-corrected chi connectivity index (χ2v) is 4.29. The van der Waals surface area contributed by atoms with Gasteiger partial charge in [-0.2, -0.15) is 0 Å². The Morgan fingerprint density at radius 1 is 1.46 bits per heavy atom. The highest BCUT2D eigenvalue weighted by atomic mass is 32.2. The van der Waals surface area contributed by atoms with Crippen molar-refractivity contribution in [1.82, 2.24) is 0 Å². The molecular formula is C10H14N2S. The van der Waals surface area contributed by atoms with Crippen LogP contribution in [0, 0.1) is 0 Å². The van der Waals surface area contributed by atoms with E-state index in [1.165, 1.54) is 29.1 Å². The minimum atomic E-state index is 0.506. The van der Waals surface area contributed by atoms with E-state index in [2.05, 4.69) is 23.5 Å². The zero-order chi connectivity index (χ0) is 9.10. The van der Waals surface area contributed by atoms with Crippen LogP contribution < -0.4 is 11.1 Å². The Hall–Kier alpha value is -0.670. The van der Waals surface area contributed by atoms with Crippen molar-refractivity contribution >= 4 is 17.4 Å². The highest BCUT2D eigenvalue weighted by Gasteiger charge is 2.09. The van der Waals surface area contributed by atoms with Gasteiger partial charge in [0.1, 0.15) is 0 Å². The van der Waals surface area contributed by atoms with Crippen molar-refractivity contribution in [2.45, 2.75) is 17.7 Å². The fourth-order valence-corrected chi connectivity index (χ4v) is 2.61. The second kappa shape index (κ2) is 4.03. The van der Waals surface area contributed by atoms with Crippen molar-refractivity contribution in [3.8, 4) is 0 Å². The van der Waals surface area contributed by atoms with Crippen molar-refractivity contribution in [2.75, 3.05) is 17.7 Å². The van der Waals surface area contributed by atoms with Crippen LogP contribution in [-0.4, -0.2) is 12.4 Å². The van der Waals surface area contributed by atoms with E-state index in [0.29, 0.717) is 6.67 Å². The van der Waals surface area contributed by atoms with Crippen molar-refractivity contribution in [3.63, 3.8) is 0 Å². The van der Waals surface area contributed by atoms with Gasteiger partial charge in [0.25, 0.3) is 0 Å². The standard InChI is InChI=1S/C10H14N2S/c11-7-12-9-3-4-10-8(6-9)2-1-5-13-10/h3-4,6,12H,1-2,5,7,11H2. The summed E-state index contributed by atoms with van der Waals surface area (Å²) in [6.07, 6.45) is 2.51. The maximum Gasteiger partial charge on any atom is 0.0628 e. The van der Waals surface area contributed by atoms with Crippen LogP contribution in [0.3, 0.4) is 0 Å². The topological polar surface area (TPSA) is 38.0 Å². The van der Waals surface area contributed by atoms with Crippen molar-refractivity contribution in [3.05, 3.63) is 23.8 Å². The maximum absolute atomic E-state index is 5.42. The number of benzene rings is 1. The van der Waals surface area contributed by atoms with E-state index in [1.807, 2.05) is 11.8 Å². The molecule has 0 atom stereocenters. The molecule has 1 aromatic rings. The number of nitrogens with one attached hydrogen (secondary N) is 1. The summed E-state index contributed by atoms with van der Waals surface area (Å²) in [4.78, 5) is 1.44. The largest absolute Gasteiger partial charge is 0.373 e. The van der Waals surface area contributed by atoms with E-state index in [1.54, 1.807) is 0 Å². The van der Waals surface area contributed by atoms with Crippen LogP contribution in [0.25, 0.3) is 0 Å². The van der Waals surface area contributed by atoms with E-state index in [0.717, 1.165) is 5.69 Å². The summed E-state index contributed by atoms with van der Waals surface area (Å²) in [7, 11) is 0. The quantitative estimate of drug-likeness (QED) is 0.708. The zero-order valence-electron chi connectivity index (χ0n) is 7.55. The first-order chi connectivity index (χ1) is 6.40. The lowest BCUT2D eigenvalue weighted by atomic mass is 10.1. The molecule has 1 aliphatic rings. The van der Waals surface area contributed by atoms with Gasteiger partial charge >= 0.3 is 0 Å². The molecule has 0 aromatic heterocycles. The molecule has 0 saturated heterocycles. The van der Waals surface area contributed by atoms with Crippen molar-refractivity contribution in [2.24, 2.45) is 5.73 Å². The van der Waals surface area contributed by atoms with Gasteiger partial charge in [0.15, 0.2) is 0 Å². The van der Waals surface area contributed by atoms with Gasteiger partial charge in [-0.05, 0) is 42.4 Å². The Kier molecular flexibility index (Phi) is 2.76. The molecule has 0 spiro atoms. The summed E-state index contributed by atoms with van der Waals surface area (Å²) in [5, 5.41) is 3.13. The first kappa shape index (κ1) is 8.91. The molecular weight excluding hydrogens is 180 g/mol. The minimum Gasteiger partial charge on any atom is -0.373 e. The lowest BCUT2D eigenvalue weighted by Gasteiger charge is -2.16. The van der Waals surface area contributed by atoms with Crippen molar-refractivity contribution in [1.29, 1.82) is 0 Å². The molecule has 0 radical (unpaired) electrons. The molecule has 0 amide bonds. The van der Waals surface area contributed by atoms with Gasteiger partial charge in [-0.1, -0.05) is 0 Å². The Balaban J connectivity index is 2.24. The fourth-order valence-electron chi connectivity index (χ4n) is 1.59. The van der Waals surface area contributed by atoms with E-state index in [9.17, 15) is 0 Å². The van der Waals surface area contributed by atoms with E-state index < -0.39 is 0 Å². The Bertz CT molecular complexity index is 299. The normalized spacial score (nSPS) is 15.2. The second-order valence-electron chi connectivity index (χ2n) is 3.16. The summed E-state index contributed by atoms with van der Waals surface area (Å²) in [6, 6.07) is 6.51. The molecule has 70 valence electrons. The van der Waals surface area contributed by atoms with Crippen LogP contribution >= 0.6 is 11.8 Å². The third-order valence-electron chi connectivity index (χ3n) is 2.21. The van der Waals surface area contributed by atoms with E-state index in [-0.39, 0.29) is 0 Å². The summed E-state index contributed by atoms with van der Waals surface area (Å²) < 4.78 is 0. The number of aryl methyl sites for hydroxylation is 1. The predicted octanol–water partition coefficient (Wildman–Crippen LogP) is 2.05. The highest BCUT2D eigenvalue weighted by molar-refractivity contribution is 7.99. The Morgan fingerprint density at radius 2 is 2.38 bits per heavy atom. The Morgan fingerprint density at radius 3 is 3.23 bits per heavy atom. The number of hydrogen-bond acceptors (Lipinski definition) is 3. The zero-order valence-corrected chi connectivity index (χ0v) is 8.36. The van der Waals surface area contributed by atoms with Crippen LogP contribution in [-0.2, 0) is 6.42 Å². The van der Waals surface area contributed by atoms with Crippen LogP contribution in [0.15, 0.2) is 23.1 Å². The van der Waals surface area contributed by atoms with Crippen LogP contribution in [0.1, 0.15) is 12.0 Å². The number of anilines is 1. The lowest BCUT2D eigenvalue weighted by Crippen LogP contribution is -2.11. The smallest absolute Gasteiger partial charge is 0.0628 e. The number of rotatable bonds is 2. The lowest BCUT2D eigenvalue weighted by molar-refractivity contribution is 0.890.